The predicted molar refractivity (Wildman–Crippen MR) is 125 cm³/mol. The van der Waals surface area contributed by atoms with Crippen LogP contribution in [0.2, 0.25) is 0 Å². The summed E-state index contributed by atoms with van der Waals surface area (Å²) in [6, 6.07) is 20.7. The Hall–Kier alpha value is -2.90. The molecule has 1 saturated heterocycles. The maximum Gasteiger partial charge on any atom is 0.240 e. The molecule has 1 atom stereocenters. The van der Waals surface area contributed by atoms with Gasteiger partial charge >= 0.3 is 0 Å². The lowest BCUT2D eigenvalue weighted by molar-refractivity contribution is -0.131. The molecule has 0 saturated carbocycles. The summed E-state index contributed by atoms with van der Waals surface area (Å²) in [6.45, 7) is 0.793. The van der Waals surface area contributed by atoms with Crippen molar-refractivity contribution in [2.45, 2.75) is 36.6 Å². The smallest absolute Gasteiger partial charge is 0.240 e. The molecule has 0 bridgehead atoms. The minimum atomic E-state index is -3.68. The van der Waals surface area contributed by atoms with Gasteiger partial charge in [-0.3, -0.25) is 4.79 Å². The van der Waals surface area contributed by atoms with Gasteiger partial charge in [-0.1, -0.05) is 42.5 Å². The fourth-order valence-electron chi connectivity index (χ4n) is 4.30. The molecule has 7 heteroatoms. The van der Waals surface area contributed by atoms with Crippen molar-refractivity contribution in [3.05, 3.63) is 72.3 Å². The Balaban J connectivity index is 1.34. The van der Waals surface area contributed by atoms with Crippen LogP contribution in [-0.2, 0) is 21.2 Å². The van der Waals surface area contributed by atoms with Gasteiger partial charge in [0, 0.05) is 25.6 Å². The number of carbonyl (C=O) groups is 1. The van der Waals surface area contributed by atoms with Gasteiger partial charge in [-0.2, -0.15) is 0 Å². The number of rotatable bonds is 8. The summed E-state index contributed by atoms with van der Waals surface area (Å²) < 4.78 is 33.3. The van der Waals surface area contributed by atoms with Crippen molar-refractivity contribution in [3.8, 4) is 5.75 Å². The van der Waals surface area contributed by atoms with Crippen LogP contribution in [-0.4, -0.2) is 45.5 Å². The number of nitrogens with zero attached hydrogens (tertiary/aromatic N) is 1. The molecular formula is C25H28N2O4S. The maximum absolute atomic E-state index is 12.8. The topological polar surface area (TPSA) is 75.7 Å². The van der Waals surface area contributed by atoms with E-state index in [0.717, 1.165) is 41.3 Å². The quantitative estimate of drug-likeness (QED) is 0.565. The van der Waals surface area contributed by atoms with E-state index in [1.165, 1.54) is 0 Å². The van der Waals surface area contributed by atoms with Crippen LogP contribution in [0.3, 0.4) is 0 Å². The lowest BCUT2D eigenvalue weighted by Crippen LogP contribution is -2.38. The van der Waals surface area contributed by atoms with E-state index in [1.807, 2.05) is 53.4 Å². The zero-order valence-electron chi connectivity index (χ0n) is 18.2. The molecule has 1 fully saturated rings. The van der Waals surface area contributed by atoms with Crippen LogP contribution in [0.15, 0.2) is 71.6 Å². The third-order valence-electron chi connectivity index (χ3n) is 5.97. The molecule has 1 aliphatic rings. The number of sulfonamides is 1. The maximum atomic E-state index is 12.8. The summed E-state index contributed by atoms with van der Waals surface area (Å²) in [6.07, 6.45) is 2.82. The van der Waals surface area contributed by atoms with Crippen molar-refractivity contribution in [3.63, 3.8) is 0 Å². The summed E-state index contributed by atoms with van der Waals surface area (Å²) in [7, 11) is -2.03. The molecule has 1 aliphatic heterocycles. The molecule has 4 rings (SSSR count). The van der Waals surface area contributed by atoms with Crippen LogP contribution in [0.25, 0.3) is 10.8 Å². The van der Waals surface area contributed by atoms with Crippen LogP contribution in [0, 0.1) is 0 Å². The Morgan fingerprint density at radius 3 is 2.69 bits per heavy atom. The second kappa shape index (κ2) is 9.71. The number of ether oxygens (including phenoxy) is 1. The summed E-state index contributed by atoms with van der Waals surface area (Å²) in [4.78, 5) is 14.9. The predicted octanol–water partition coefficient (Wildman–Crippen LogP) is 3.75. The van der Waals surface area contributed by atoms with Gasteiger partial charge in [0.15, 0.2) is 0 Å². The van der Waals surface area contributed by atoms with E-state index in [9.17, 15) is 13.2 Å². The van der Waals surface area contributed by atoms with Gasteiger partial charge in [0.05, 0.1) is 12.0 Å². The standard InChI is InChI=1S/C25H28N2O4S/c1-31-23-10-4-6-19(17-23)16-22-9-5-15-27(22)25(28)13-14-26-32(29,30)24-12-11-20-7-2-3-8-21(20)18-24/h2-4,6-8,10-12,17-18,22,26H,5,9,13-16H2,1H3. The third kappa shape index (κ3) is 5.11. The molecule has 0 spiro atoms. The summed E-state index contributed by atoms with van der Waals surface area (Å²) >= 11 is 0. The number of carbonyl (C=O) groups excluding carboxylic acids is 1. The first-order valence-electron chi connectivity index (χ1n) is 10.9. The molecule has 3 aromatic rings. The van der Waals surface area contributed by atoms with E-state index in [-0.39, 0.29) is 29.8 Å². The Labute approximate surface area is 189 Å². The van der Waals surface area contributed by atoms with Crippen LogP contribution in [0.1, 0.15) is 24.8 Å². The zero-order chi connectivity index (χ0) is 22.6. The number of hydrogen-bond donors (Lipinski definition) is 1. The second-order valence-electron chi connectivity index (χ2n) is 8.10. The Bertz CT molecular complexity index is 1210. The Morgan fingerprint density at radius 1 is 1.06 bits per heavy atom. The van der Waals surface area contributed by atoms with Crippen LogP contribution in [0.5, 0.6) is 5.75 Å². The average molecular weight is 453 g/mol. The van der Waals surface area contributed by atoms with Crippen LogP contribution >= 0.6 is 0 Å². The molecule has 0 aliphatic carbocycles. The molecular weight excluding hydrogens is 424 g/mol. The van der Waals surface area contributed by atoms with Gasteiger partial charge < -0.3 is 9.64 Å². The van der Waals surface area contributed by atoms with Crippen molar-refractivity contribution >= 4 is 26.7 Å². The van der Waals surface area contributed by atoms with Crippen molar-refractivity contribution in [2.75, 3.05) is 20.2 Å². The number of methoxy groups -OCH3 is 1. The molecule has 0 aromatic heterocycles. The minimum Gasteiger partial charge on any atom is -0.497 e. The normalized spacial score (nSPS) is 16.4. The van der Waals surface area contributed by atoms with Gasteiger partial charge in [-0.25, -0.2) is 13.1 Å². The first kappa shape index (κ1) is 22.3. The van der Waals surface area contributed by atoms with Crippen molar-refractivity contribution in [2.24, 2.45) is 0 Å². The fourth-order valence-corrected chi connectivity index (χ4v) is 5.37. The van der Waals surface area contributed by atoms with Crippen LogP contribution in [0.4, 0.5) is 0 Å². The van der Waals surface area contributed by atoms with Crippen molar-refractivity contribution < 1.29 is 17.9 Å². The molecule has 1 heterocycles. The molecule has 6 nitrogen and oxygen atoms in total. The van der Waals surface area contributed by atoms with Crippen LogP contribution < -0.4 is 9.46 Å². The molecule has 168 valence electrons. The monoisotopic (exact) mass is 452 g/mol. The SMILES string of the molecule is COc1cccc(CC2CCCN2C(=O)CCNS(=O)(=O)c2ccc3ccccc3c2)c1. The molecule has 1 amide bonds. The number of fused-ring (bicyclic) bond motifs is 1. The lowest BCUT2D eigenvalue weighted by Gasteiger charge is -2.25. The van der Waals surface area contributed by atoms with E-state index < -0.39 is 10.0 Å². The molecule has 0 radical (unpaired) electrons. The highest BCUT2D eigenvalue weighted by atomic mass is 32.2. The van der Waals surface area contributed by atoms with Gasteiger partial charge in [0.2, 0.25) is 15.9 Å². The first-order valence-corrected chi connectivity index (χ1v) is 12.4. The van der Waals surface area contributed by atoms with Gasteiger partial charge in [0.1, 0.15) is 5.75 Å². The van der Waals surface area contributed by atoms with E-state index in [1.54, 1.807) is 25.3 Å². The number of likely N-dealkylation sites (tertiary alicyclic amines) is 1. The molecule has 32 heavy (non-hydrogen) atoms. The highest BCUT2D eigenvalue weighted by Gasteiger charge is 2.28. The Kier molecular flexibility index (Phi) is 6.77. The van der Waals surface area contributed by atoms with Crippen molar-refractivity contribution in [1.29, 1.82) is 0 Å². The summed E-state index contributed by atoms with van der Waals surface area (Å²) in [5, 5.41) is 1.85. The minimum absolute atomic E-state index is 0.0170. The zero-order valence-corrected chi connectivity index (χ0v) is 19.0. The average Bonchev–Trinajstić information content (AvgIpc) is 3.27. The van der Waals surface area contributed by atoms with Gasteiger partial charge in [-0.15, -0.1) is 0 Å². The summed E-state index contributed by atoms with van der Waals surface area (Å²) in [5.41, 5.74) is 1.13. The molecule has 1 N–H and O–H groups in total. The first-order chi connectivity index (χ1) is 15.5. The number of benzene rings is 3. The van der Waals surface area contributed by atoms with E-state index in [0.29, 0.717) is 6.54 Å². The highest BCUT2D eigenvalue weighted by molar-refractivity contribution is 7.89. The fraction of sp³-hybridized carbons (Fsp3) is 0.320. The number of nitrogens with one attached hydrogen (secondary N) is 1. The van der Waals surface area contributed by atoms with E-state index in [2.05, 4.69) is 4.72 Å². The van der Waals surface area contributed by atoms with Gasteiger partial charge in [-0.05, 0) is 59.9 Å². The molecule has 3 aromatic carbocycles. The van der Waals surface area contributed by atoms with Gasteiger partial charge in [0.25, 0.3) is 0 Å². The van der Waals surface area contributed by atoms with E-state index >= 15 is 0 Å². The highest BCUT2D eigenvalue weighted by Crippen LogP contribution is 2.24. The largest absolute Gasteiger partial charge is 0.497 e. The third-order valence-corrected chi connectivity index (χ3v) is 7.42. The summed E-state index contributed by atoms with van der Waals surface area (Å²) in [5.74, 6) is 0.790. The Morgan fingerprint density at radius 2 is 1.88 bits per heavy atom. The van der Waals surface area contributed by atoms with E-state index in [4.69, 9.17) is 4.74 Å². The second-order valence-corrected chi connectivity index (χ2v) is 9.86. The number of hydrogen-bond acceptors (Lipinski definition) is 4. The lowest BCUT2D eigenvalue weighted by atomic mass is 10.0. The van der Waals surface area contributed by atoms with Crippen molar-refractivity contribution in [1.82, 2.24) is 9.62 Å². The molecule has 1 unspecified atom stereocenters. The number of amides is 1.